The molecule has 0 radical (unpaired) electrons. The molecule has 0 atom stereocenters. The number of nitrogens with one attached hydrogen (secondary N) is 1. The van der Waals surface area contributed by atoms with Crippen molar-refractivity contribution in [3.8, 4) is 11.6 Å². The molecule has 2 aromatic heterocycles. The van der Waals surface area contributed by atoms with E-state index < -0.39 is 0 Å². The monoisotopic (exact) mass is 256 g/mol. The Morgan fingerprint density at radius 2 is 1.81 bits per heavy atom. The van der Waals surface area contributed by atoms with Crippen molar-refractivity contribution >= 4 is 23.2 Å². The van der Waals surface area contributed by atoms with E-state index in [0.717, 1.165) is 5.56 Å². The summed E-state index contributed by atoms with van der Waals surface area (Å²) in [5.41, 5.74) is 0.763. The summed E-state index contributed by atoms with van der Waals surface area (Å²) in [4.78, 5) is 15.3. The van der Waals surface area contributed by atoms with Crippen LogP contribution < -0.4 is 0 Å². The SMILES string of the molecule is CC(C)c1c(Cl)nc(-c2ncc[nH]2)nc1Cl. The molecule has 0 aromatic carbocycles. The van der Waals surface area contributed by atoms with Crippen LogP contribution >= 0.6 is 23.2 Å². The molecule has 0 fully saturated rings. The third-order valence-corrected chi connectivity index (χ3v) is 2.72. The van der Waals surface area contributed by atoms with E-state index in [-0.39, 0.29) is 5.92 Å². The molecule has 84 valence electrons. The van der Waals surface area contributed by atoms with Gasteiger partial charge in [-0.3, -0.25) is 0 Å². The minimum Gasteiger partial charge on any atom is -0.342 e. The van der Waals surface area contributed by atoms with E-state index >= 15 is 0 Å². The Morgan fingerprint density at radius 1 is 1.19 bits per heavy atom. The molecule has 0 aliphatic heterocycles. The zero-order valence-corrected chi connectivity index (χ0v) is 10.3. The maximum absolute atomic E-state index is 6.07. The summed E-state index contributed by atoms with van der Waals surface area (Å²) < 4.78 is 0. The fraction of sp³-hybridized carbons (Fsp3) is 0.300. The van der Waals surface area contributed by atoms with Gasteiger partial charge < -0.3 is 4.98 Å². The smallest absolute Gasteiger partial charge is 0.198 e. The van der Waals surface area contributed by atoms with Crippen molar-refractivity contribution in [3.63, 3.8) is 0 Å². The van der Waals surface area contributed by atoms with Crippen molar-refractivity contribution < 1.29 is 0 Å². The Labute approximate surface area is 103 Å². The van der Waals surface area contributed by atoms with E-state index in [0.29, 0.717) is 22.0 Å². The van der Waals surface area contributed by atoms with Gasteiger partial charge in [-0.25, -0.2) is 15.0 Å². The third-order valence-electron chi connectivity index (χ3n) is 2.14. The van der Waals surface area contributed by atoms with Crippen LogP contribution in [0.5, 0.6) is 0 Å². The summed E-state index contributed by atoms with van der Waals surface area (Å²) in [7, 11) is 0. The highest BCUT2D eigenvalue weighted by molar-refractivity contribution is 6.34. The highest BCUT2D eigenvalue weighted by atomic mass is 35.5. The topological polar surface area (TPSA) is 54.5 Å². The van der Waals surface area contributed by atoms with Crippen LogP contribution in [0.1, 0.15) is 25.3 Å². The Morgan fingerprint density at radius 3 is 2.25 bits per heavy atom. The normalized spacial score (nSPS) is 11.1. The van der Waals surface area contributed by atoms with Crippen LogP contribution in [0, 0.1) is 0 Å². The molecule has 0 aliphatic carbocycles. The number of imidazole rings is 1. The second-order valence-corrected chi connectivity index (χ2v) is 4.35. The summed E-state index contributed by atoms with van der Waals surface area (Å²) in [6, 6.07) is 0. The van der Waals surface area contributed by atoms with Gasteiger partial charge in [0.2, 0.25) is 0 Å². The van der Waals surface area contributed by atoms with Gasteiger partial charge in [0.25, 0.3) is 0 Å². The number of halogens is 2. The van der Waals surface area contributed by atoms with Crippen LogP contribution in [-0.2, 0) is 0 Å². The first kappa shape index (κ1) is 11.4. The number of H-pyrrole nitrogens is 1. The highest BCUT2D eigenvalue weighted by Gasteiger charge is 2.16. The van der Waals surface area contributed by atoms with Crippen molar-refractivity contribution in [3.05, 3.63) is 28.3 Å². The predicted octanol–water partition coefficient (Wildman–Crippen LogP) is 3.30. The second-order valence-electron chi connectivity index (χ2n) is 3.63. The van der Waals surface area contributed by atoms with Gasteiger partial charge in [-0.1, -0.05) is 37.0 Å². The molecule has 2 rings (SSSR count). The molecule has 16 heavy (non-hydrogen) atoms. The molecule has 0 amide bonds. The minimum absolute atomic E-state index is 0.186. The molecular weight excluding hydrogens is 247 g/mol. The lowest BCUT2D eigenvalue weighted by atomic mass is 10.1. The maximum atomic E-state index is 6.07. The molecule has 0 aliphatic rings. The van der Waals surface area contributed by atoms with E-state index in [4.69, 9.17) is 23.2 Å². The minimum atomic E-state index is 0.186. The first-order chi connectivity index (χ1) is 7.59. The number of rotatable bonds is 2. The lowest BCUT2D eigenvalue weighted by Crippen LogP contribution is -2.00. The number of hydrogen-bond donors (Lipinski definition) is 1. The lowest BCUT2D eigenvalue weighted by molar-refractivity contribution is 0.847. The first-order valence-electron chi connectivity index (χ1n) is 4.82. The van der Waals surface area contributed by atoms with Crippen LogP contribution in [-0.4, -0.2) is 19.9 Å². The summed E-state index contributed by atoms with van der Waals surface area (Å²) in [5.74, 6) is 1.15. The number of aromatic amines is 1. The number of aromatic nitrogens is 4. The second kappa shape index (κ2) is 4.39. The van der Waals surface area contributed by atoms with Gasteiger partial charge in [-0.15, -0.1) is 0 Å². The average Bonchev–Trinajstić information content (AvgIpc) is 2.67. The van der Waals surface area contributed by atoms with Crippen LogP contribution in [0.4, 0.5) is 0 Å². The molecule has 0 bridgehead atoms. The summed E-state index contributed by atoms with van der Waals surface area (Å²) in [6.07, 6.45) is 3.31. The van der Waals surface area contributed by atoms with E-state index in [1.54, 1.807) is 12.4 Å². The van der Waals surface area contributed by atoms with Crippen LogP contribution in [0.2, 0.25) is 10.3 Å². The summed E-state index contributed by atoms with van der Waals surface area (Å²) >= 11 is 12.1. The molecular formula is C10H10Cl2N4. The van der Waals surface area contributed by atoms with Crippen molar-refractivity contribution in [2.75, 3.05) is 0 Å². The zero-order chi connectivity index (χ0) is 11.7. The largest absolute Gasteiger partial charge is 0.342 e. The van der Waals surface area contributed by atoms with Crippen molar-refractivity contribution in [2.45, 2.75) is 19.8 Å². The van der Waals surface area contributed by atoms with Crippen LogP contribution in [0.3, 0.4) is 0 Å². The van der Waals surface area contributed by atoms with Gasteiger partial charge in [0.15, 0.2) is 11.6 Å². The Kier molecular flexibility index (Phi) is 3.12. The predicted molar refractivity (Wildman–Crippen MR) is 63.7 cm³/mol. The van der Waals surface area contributed by atoms with Gasteiger partial charge in [0.05, 0.1) is 0 Å². The number of hydrogen-bond acceptors (Lipinski definition) is 3. The Hall–Kier alpha value is -1.13. The molecule has 4 nitrogen and oxygen atoms in total. The average molecular weight is 257 g/mol. The van der Waals surface area contributed by atoms with Gasteiger partial charge in [0.1, 0.15) is 10.3 Å². The molecule has 0 unspecified atom stereocenters. The van der Waals surface area contributed by atoms with E-state index in [9.17, 15) is 0 Å². The molecule has 6 heteroatoms. The van der Waals surface area contributed by atoms with Crippen molar-refractivity contribution in [1.82, 2.24) is 19.9 Å². The van der Waals surface area contributed by atoms with Crippen molar-refractivity contribution in [1.29, 1.82) is 0 Å². The molecule has 0 saturated heterocycles. The van der Waals surface area contributed by atoms with E-state index in [2.05, 4.69) is 19.9 Å². The Bertz CT molecular complexity index is 471. The Balaban J connectivity index is 2.53. The third kappa shape index (κ3) is 2.03. The van der Waals surface area contributed by atoms with Gasteiger partial charge in [-0.05, 0) is 5.92 Å². The first-order valence-corrected chi connectivity index (χ1v) is 5.58. The fourth-order valence-corrected chi connectivity index (χ4v) is 2.21. The van der Waals surface area contributed by atoms with Gasteiger partial charge >= 0.3 is 0 Å². The molecule has 0 spiro atoms. The van der Waals surface area contributed by atoms with Gasteiger partial charge in [-0.2, -0.15) is 0 Å². The van der Waals surface area contributed by atoms with Crippen LogP contribution in [0.25, 0.3) is 11.6 Å². The molecule has 0 saturated carbocycles. The molecule has 2 aromatic rings. The zero-order valence-electron chi connectivity index (χ0n) is 8.83. The van der Waals surface area contributed by atoms with Gasteiger partial charge in [0, 0.05) is 18.0 Å². The quantitative estimate of drug-likeness (QED) is 0.840. The molecule has 1 N–H and O–H groups in total. The number of nitrogens with zero attached hydrogens (tertiary/aromatic N) is 3. The van der Waals surface area contributed by atoms with Crippen LogP contribution in [0.15, 0.2) is 12.4 Å². The summed E-state index contributed by atoms with van der Waals surface area (Å²) in [5, 5.41) is 0.753. The maximum Gasteiger partial charge on any atom is 0.198 e. The van der Waals surface area contributed by atoms with E-state index in [1.807, 2.05) is 13.8 Å². The van der Waals surface area contributed by atoms with Crippen molar-refractivity contribution in [2.24, 2.45) is 0 Å². The lowest BCUT2D eigenvalue weighted by Gasteiger charge is -2.09. The molecule has 2 heterocycles. The fourth-order valence-electron chi connectivity index (χ4n) is 1.39. The standard InChI is InChI=1S/C10H10Cl2N4/c1-5(2)6-7(11)15-10(16-8(6)12)9-13-3-4-14-9/h3-5H,1-2H3,(H,13,14). The highest BCUT2D eigenvalue weighted by Crippen LogP contribution is 2.30. The van der Waals surface area contributed by atoms with E-state index in [1.165, 1.54) is 0 Å². The summed E-state index contributed by atoms with van der Waals surface area (Å²) in [6.45, 7) is 3.98.